The average Bonchev–Trinajstić information content (AvgIpc) is 3.41. The number of nitrogen functional groups attached to an aromatic ring is 1. The van der Waals surface area contributed by atoms with E-state index >= 15 is 0 Å². The first kappa shape index (κ1) is 22.9. The molecule has 0 unspecified atom stereocenters. The Labute approximate surface area is 208 Å². The Morgan fingerprint density at radius 3 is 2.42 bits per heavy atom. The zero-order chi connectivity index (χ0) is 25.1. The Balaban J connectivity index is 1.25. The summed E-state index contributed by atoms with van der Waals surface area (Å²) in [6, 6.07) is 27.2. The summed E-state index contributed by atoms with van der Waals surface area (Å²) in [6.07, 6.45) is 1.14. The van der Waals surface area contributed by atoms with E-state index in [0.29, 0.717) is 42.0 Å². The number of fused-ring (bicyclic) bond motifs is 1. The molecule has 8 nitrogen and oxygen atoms in total. The van der Waals surface area contributed by atoms with E-state index in [4.69, 9.17) is 5.73 Å². The number of hydrogen-bond donors (Lipinski definition) is 2. The highest BCUT2D eigenvalue weighted by Gasteiger charge is 2.17. The van der Waals surface area contributed by atoms with E-state index < -0.39 is 0 Å². The first-order valence-electron chi connectivity index (χ1n) is 11.7. The number of hydrogen-bond acceptors (Lipinski definition) is 5. The first-order valence-corrected chi connectivity index (χ1v) is 11.7. The highest BCUT2D eigenvalue weighted by atomic mass is 16.1. The second kappa shape index (κ2) is 9.76. The minimum atomic E-state index is -0.168. The van der Waals surface area contributed by atoms with E-state index in [-0.39, 0.29) is 5.91 Å². The number of nitrogens with zero attached hydrogens (tertiary/aromatic N) is 5. The van der Waals surface area contributed by atoms with Crippen molar-refractivity contribution in [1.82, 2.24) is 24.6 Å². The predicted octanol–water partition coefficient (Wildman–Crippen LogP) is 4.34. The molecule has 8 heteroatoms. The molecule has 3 N–H and O–H groups in total. The maximum absolute atomic E-state index is 12.8. The second-order valence-electron chi connectivity index (χ2n) is 8.46. The molecule has 0 atom stereocenters. The minimum Gasteiger partial charge on any atom is -0.382 e. The maximum atomic E-state index is 12.8. The molecule has 0 aliphatic heterocycles. The number of rotatable bonds is 7. The topological polar surface area (TPSA) is 115 Å². The van der Waals surface area contributed by atoms with E-state index in [9.17, 15) is 10.1 Å². The van der Waals surface area contributed by atoms with Crippen LogP contribution in [0.4, 0.5) is 5.82 Å². The quantitative estimate of drug-likeness (QED) is 0.340. The van der Waals surface area contributed by atoms with Gasteiger partial charge >= 0.3 is 0 Å². The number of benzene rings is 3. The number of nitrogens with one attached hydrogen (secondary N) is 1. The van der Waals surface area contributed by atoms with Gasteiger partial charge in [-0.05, 0) is 62.2 Å². The number of nitriles is 1. The van der Waals surface area contributed by atoms with Crippen LogP contribution < -0.4 is 11.1 Å². The molecule has 178 valence electrons. The molecule has 0 saturated heterocycles. The first-order chi connectivity index (χ1) is 17.6. The molecule has 5 aromatic rings. The summed E-state index contributed by atoms with van der Waals surface area (Å²) in [7, 11) is 0. The van der Waals surface area contributed by atoms with Crippen molar-refractivity contribution in [2.75, 3.05) is 12.3 Å². The van der Waals surface area contributed by atoms with E-state index in [2.05, 4.69) is 26.0 Å². The van der Waals surface area contributed by atoms with Crippen molar-refractivity contribution in [3.8, 4) is 17.4 Å². The van der Waals surface area contributed by atoms with Gasteiger partial charge in [0.05, 0.1) is 22.4 Å². The number of carbonyl (C=O) groups is 1. The van der Waals surface area contributed by atoms with E-state index in [1.54, 1.807) is 4.68 Å². The van der Waals surface area contributed by atoms with Gasteiger partial charge in [0, 0.05) is 17.8 Å². The molecule has 0 bridgehead atoms. The Morgan fingerprint density at radius 1 is 1.03 bits per heavy atom. The van der Waals surface area contributed by atoms with Gasteiger partial charge in [0.1, 0.15) is 23.3 Å². The van der Waals surface area contributed by atoms with E-state index in [1.165, 1.54) is 0 Å². The molecule has 0 aliphatic carbocycles. The third-order valence-corrected chi connectivity index (χ3v) is 6.08. The van der Waals surface area contributed by atoms with Gasteiger partial charge in [-0.1, -0.05) is 36.4 Å². The van der Waals surface area contributed by atoms with Gasteiger partial charge < -0.3 is 11.1 Å². The molecule has 5 rings (SSSR count). The fourth-order valence-electron chi connectivity index (χ4n) is 4.35. The standard InChI is InChI=1S/C28H25N7O/c1-19-32-25-17-20(14-15-26(25)34(19)21-9-4-2-5-10-21)28(36)31-16-8-13-24-23(18-29)27(30)35(33-24)22-11-6-3-7-12-22/h2-7,9-12,14-15,17H,8,13,16,30H2,1H3,(H,31,36). The Hall–Kier alpha value is -4.90. The summed E-state index contributed by atoms with van der Waals surface area (Å²) in [6.45, 7) is 2.39. The van der Waals surface area contributed by atoms with Crippen LogP contribution in [0, 0.1) is 18.3 Å². The zero-order valence-corrected chi connectivity index (χ0v) is 19.8. The van der Waals surface area contributed by atoms with Gasteiger partial charge in [-0.25, -0.2) is 9.67 Å². The molecule has 3 aromatic carbocycles. The highest BCUT2D eigenvalue weighted by molar-refractivity contribution is 5.97. The molecule has 2 heterocycles. The number of imidazole rings is 1. The molecule has 2 aromatic heterocycles. The van der Waals surface area contributed by atoms with Crippen molar-refractivity contribution in [2.45, 2.75) is 19.8 Å². The third kappa shape index (κ3) is 4.30. The SMILES string of the molecule is Cc1nc2cc(C(=O)NCCCc3nn(-c4ccccc4)c(N)c3C#N)ccc2n1-c1ccccc1. The molecular weight excluding hydrogens is 450 g/mol. The van der Waals surface area contributed by atoms with Crippen LogP contribution in [-0.2, 0) is 6.42 Å². The largest absolute Gasteiger partial charge is 0.382 e. The number of aromatic nitrogens is 4. The van der Waals surface area contributed by atoms with Crippen LogP contribution in [0.25, 0.3) is 22.4 Å². The summed E-state index contributed by atoms with van der Waals surface area (Å²) in [5.41, 5.74) is 11.3. The molecule has 0 aliphatic rings. The van der Waals surface area contributed by atoms with Gasteiger partial charge in [0.2, 0.25) is 0 Å². The predicted molar refractivity (Wildman–Crippen MR) is 139 cm³/mol. The fraction of sp³-hybridized carbons (Fsp3) is 0.143. The van der Waals surface area contributed by atoms with Gasteiger partial charge in [-0.2, -0.15) is 10.4 Å². The number of aryl methyl sites for hydroxylation is 2. The highest BCUT2D eigenvalue weighted by Crippen LogP contribution is 2.23. The van der Waals surface area contributed by atoms with Crippen LogP contribution >= 0.6 is 0 Å². The minimum absolute atomic E-state index is 0.168. The number of carbonyl (C=O) groups excluding carboxylic acids is 1. The molecular formula is C28H25N7O. The molecule has 36 heavy (non-hydrogen) atoms. The van der Waals surface area contributed by atoms with E-state index in [1.807, 2.05) is 85.8 Å². The summed E-state index contributed by atoms with van der Waals surface area (Å²) in [5, 5.41) is 17.1. The Bertz CT molecular complexity index is 1580. The number of amides is 1. The maximum Gasteiger partial charge on any atom is 0.251 e. The summed E-state index contributed by atoms with van der Waals surface area (Å²) in [4.78, 5) is 17.4. The van der Waals surface area contributed by atoms with Gasteiger partial charge in [0.15, 0.2) is 0 Å². The van der Waals surface area contributed by atoms with Crippen molar-refractivity contribution in [3.05, 3.63) is 102 Å². The average molecular weight is 476 g/mol. The number of anilines is 1. The number of nitrogens with two attached hydrogens (primary N) is 1. The monoisotopic (exact) mass is 475 g/mol. The summed E-state index contributed by atoms with van der Waals surface area (Å²) >= 11 is 0. The van der Waals surface area contributed by atoms with E-state index in [0.717, 1.165) is 28.2 Å². The number of para-hydroxylation sites is 2. The lowest BCUT2D eigenvalue weighted by molar-refractivity contribution is 0.0953. The fourth-order valence-corrected chi connectivity index (χ4v) is 4.35. The lowest BCUT2D eigenvalue weighted by atomic mass is 10.1. The van der Waals surface area contributed by atoms with Crippen LogP contribution in [-0.4, -0.2) is 31.8 Å². The zero-order valence-electron chi connectivity index (χ0n) is 19.8. The lowest BCUT2D eigenvalue weighted by Crippen LogP contribution is -2.24. The summed E-state index contributed by atoms with van der Waals surface area (Å²) in [5.74, 6) is 1.01. The van der Waals surface area contributed by atoms with Crippen LogP contribution in [0.1, 0.15) is 33.9 Å². The van der Waals surface area contributed by atoms with Crippen molar-refractivity contribution in [1.29, 1.82) is 5.26 Å². The Kier molecular flexibility index (Phi) is 6.20. The van der Waals surface area contributed by atoms with Crippen molar-refractivity contribution in [2.24, 2.45) is 0 Å². The molecule has 0 spiro atoms. The van der Waals surface area contributed by atoms with Gasteiger partial charge in [-0.3, -0.25) is 9.36 Å². The van der Waals surface area contributed by atoms with Crippen molar-refractivity contribution >= 4 is 22.8 Å². The van der Waals surface area contributed by atoms with Gasteiger partial charge in [-0.15, -0.1) is 0 Å². The summed E-state index contributed by atoms with van der Waals surface area (Å²) < 4.78 is 3.66. The smallest absolute Gasteiger partial charge is 0.251 e. The molecule has 1 amide bonds. The van der Waals surface area contributed by atoms with Crippen LogP contribution in [0.15, 0.2) is 78.9 Å². The lowest BCUT2D eigenvalue weighted by Gasteiger charge is -2.07. The van der Waals surface area contributed by atoms with Crippen molar-refractivity contribution in [3.63, 3.8) is 0 Å². The van der Waals surface area contributed by atoms with Crippen LogP contribution in [0.3, 0.4) is 0 Å². The molecule has 0 radical (unpaired) electrons. The van der Waals surface area contributed by atoms with Crippen LogP contribution in [0.5, 0.6) is 0 Å². The second-order valence-corrected chi connectivity index (χ2v) is 8.46. The third-order valence-electron chi connectivity index (χ3n) is 6.08. The molecule has 0 fully saturated rings. The van der Waals surface area contributed by atoms with Crippen LogP contribution in [0.2, 0.25) is 0 Å². The van der Waals surface area contributed by atoms with Crippen molar-refractivity contribution < 1.29 is 4.79 Å². The molecule has 0 saturated carbocycles. The van der Waals surface area contributed by atoms with Gasteiger partial charge in [0.25, 0.3) is 5.91 Å². The normalized spacial score (nSPS) is 10.9. The Morgan fingerprint density at radius 2 is 1.72 bits per heavy atom.